The molecule has 188 valence electrons. The Morgan fingerprint density at radius 2 is 1.95 bits per heavy atom. The Hall–Kier alpha value is -4.02. The minimum Gasteiger partial charge on any atom is -0.454 e. The summed E-state index contributed by atoms with van der Waals surface area (Å²) in [5.41, 5.74) is 6.23. The zero-order chi connectivity index (χ0) is 25.6. The molecule has 3 aromatic carbocycles. The van der Waals surface area contributed by atoms with Crippen LogP contribution < -0.4 is 20.2 Å². The van der Waals surface area contributed by atoms with Crippen molar-refractivity contribution >= 4 is 41.2 Å². The third-order valence-electron chi connectivity index (χ3n) is 5.47. The Kier molecular flexibility index (Phi) is 7.57. The largest absolute Gasteiger partial charge is 0.454 e. The molecule has 1 amide bonds. The zero-order valence-corrected chi connectivity index (χ0v) is 21.4. The number of amides is 1. The van der Waals surface area contributed by atoms with E-state index in [0.29, 0.717) is 34.0 Å². The minimum absolute atomic E-state index is 0.118. The smallest absolute Gasteiger partial charge is 0.250 e. The van der Waals surface area contributed by atoms with Gasteiger partial charge in [-0.05, 0) is 66.6 Å². The molecule has 1 aromatic heterocycles. The molecular formula is C26H23ClN6O3S. The van der Waals surface area contributed by atoms with Crippen molar-refractivity contribution in [2.45, 2.75) is 18.6 Å². The van der Waals surface area contributed by atoms with Gasteiger partial charge in [-0.25, -0.2) is 5.43 Å². The first-order valence-electron chi connectivity index (χ1n) is 11.4. The number of aromatic nitrogens is 3. The van der Waals surface area contributed by atoms with Crippen LogP contribution in [0.3, 0.4) is 0 Å². The maximum absolute atomic E-state index is 12.5. The summed E-state index contributed by atoms with van der Waals surface area (Å²) in [6, 6.07) is 20.9. The Labute approximate surface area is 222 Å². The molecule has 0 saturated heterocycles. The number of nitrogens with zero attached hydrogens (tertiary/aromatic N) is 4. The summed E-state index contributed by atoms with van der Waals surface area (Å²) in [5.74, 6) is 1.92. The van der Waals surface area contributed by atoms with E-state index in [1.54, 1.807) is 18.3 Å². The van der Waals surface area contributed by atoms with E-state index in [1.165, 1.54) is 11.8 Å². The molecule has 0 aliphatic carbocycles. The van der Waals surface area contributed by atoms with E-state index in [4.69, 9.17) is 21.1 Å². The van der Waals surface area contributed by atoms with Crippen molar-refractivity contribution in [3.8, 4) is 17.2 Å². The molecule has 1 aliphatic rings. The number of anilines is 1. The molecule has 0 unspecified atom stereocenters. The number of hydrogen-bond acceptors (Lipinski definition) is 8. The second-order valence-corrected chi connectivity index (χ2v) is 9.46. The summed E-state index contributed by atoms with van der Waals surface area (Å²) in [4.78, 5) is 12.5. The number of ether oxygens (including phenoxy) is 2. The molecule has 5 rings (SSSR count). The van der Waals surface area contributed by atoms with Crippen LogP contribution in [0.15, 0.2) is 77.0 Å². The van der Waals surface area contributed by atoms with Gasteiger partial charge in [-0.1, -0.05) is 41.6 Å². The van der Waals surface area contributed by atoms with E-state index >= 15 is 0 Å². The van der Waals surface area contributed by atoms with Gasteiger partial charge >= 0.3 is 0 Å². The zero-order valence-electron chi connectivity index (χ0n) is 19.8. The number of hydrazone groups is 1. The fourth-order valence-corrected chi connectivity index (χ4v) is 4.67. The highest BCUT2D eigenvalue weighted by Gasteiger charge is 2.16. The van der Waals surface area contributed by atoms with E-state index in [0.717, 1.165) is 22.5 Å². The van der Waals surface area contributed by atoms with Crippen molar-refractivity contribution in [3.05, 3.63) is 88.7 Å². The number of nitrogens with one attached hydrogen (secondary N) is 2. The van der Waals surface area contributed by atoms with E-state index in [-0.39, 0.29) is 18.5 Å². The Balaban J connectivity index is 1.24. The highest BCUT2D eigenvalue weighted by molar-refractivity contribution is 7.99. The summed E-state index contributed by atoms with van der Waals surface area (Å²) >= 11 is 7.36. The molecule has 0 spiro atoms. The highest BCUT2D eigenvalue weighted by Crippen LogP contribution is 2.32. The van der Waals surface area contributed by atoms with Crippen LogP contribution in [-0.4, -0.2) is 39.4 Å². The molecule has 37 heavy (non-hydrogen) atoms. The van der Waals surface area contributed by atoms with Gasteiger partial charge in [0.1, 0.15) is 0 Å². The molecule has 2 N–H and O–H groups in total. The average Bonchev–Trinajstić information content (AvgIpc) is 3.54. The van der Waals surface area contributed by atoms with E-state index < -0.39 is 0 Å². The van der Waals surface area contributed by atoms with Crippen molar-refractivity contribution in [1.29, 1.82) is 0 Å². The number of hydrogen-bond donors (Lipinski definition) is 2. The van der Waals surface area contributed by atoms with Gasteiger partial charge < -0.3 is 14.8 Å². The van der Waals surface area contributed by atoms with Crippen molar-refractivity contribution < 1.29 is 14.3 Å². The predicted molar refractivity (Wildman–Crippen MR) is 144 cm³/mol. The van der Waals surface area contributed by atoms with E-state index in [2.05, 4.69) is 26.0 Å². The maximum Gasteiger partial charge on any atom is 0.250 e. The molecule has 0 bridgehead atoms. The van der Waals surface area contributed by atoms with Crippen molar-refractivity contribution in [1.82, 2.24) is 20.2 Å². The van der Waals surface area contributed by atoms with Gasteiger partial charge in [-0.3, -0.25) is 9.36 Å². The number of benzene rings is 3. The first-order chi connectivity index (χ1) is 18.1. The standard InChI is InChI=1S/C26H23ClN6O3S/c1-17-11-19(27)8-9-21(17)28-14-24-30-32-26(33(24)20-5-3-2-4-6-20)37-15-25(34)31-29-13-18-7-10-22-23(12-18)36-16-35-22/h2-13,28H,14-16H2,1H3,(H,31,34)/b29-13+. The minimum atomic E-state index is -0.263. The number of fused-ring (bicyclic) bond motifs is 1. The van der Waals surface area contributed by atoms with Gasteiger partial charge in [0.2, 0.25) is 6.79 Å². The highest BCUT2D eigenvalue weighted by atomic mass is 35.5. The van der Waals surface area contributed by atoms with Gasteiger partial charge in [-0.15, -0.1) is 10.2 Å². The number of carbonyl (C=O) groups excluding carboxylic acids is 1. The fourth-order valence-electron chi connectivity index (χ4n) is 3.68. The summed E-state index contributed by atoms with van der Waals surface area (Å²) in [6.45, 7) is 2.64. The molecular weight excluding hydrogens is 512 g/mol. The Bertz CT molecular complexity index is 1440. The summed E-state index contributed by atoms with van der Waals surface area (Å²) in [5, 5.41) is 17.5. The van der Waals surface area contributed by atoms with Gasteiger partial charge in [0.05, 0.1) is 18.5 Å². The van der Waals surface area contributed by atoms with Crippen LogP contribution >= 0.6 is 23.4 Å². The number of para-hydroxylation sites is 1. The Morgan fingerprint density at radius 3 is 2.78 bits per heavy atom. The molecule has 4 aromatic rings. The maximum atomic E-state index is 12.5. The van der Waals surface area contributed by atoms with Gasteiger partial charge in [-0.2, -0.15) is 5.10 Å². The number of thioether (sulfide) groups is 1. The lowest BCUT2D eigenvalue weighted by atomic mass is 10.2. The quantitative estimate of drug-likeness (QED) is 0.180. The van der Waals surface area contributed by atoms with Crippen LogP contribution in [0.5, 0.6) is 11.5 Å². The number of aryl methyl sites for hydroxylation is 1. The van der Waals surface area contributed by atoms with Crippen LogP contribution in [0.25, 0.3) is 5.69 Å². The van der Waals surface area contributed by atoms with Crippen LogP contribution in [0.1, 0.15) is 17.0 Å². The topological polar surface area (TPSA) is 103 Å². The van der Waals surface area contributed by atoms with Crippen molar-refractivity contribution in [3.63, 3.8) is 0 Å². The second kappa shape index (κ2) is 11.4. The third-order valence-corrected chi connectivity index (χ3v) is 6.64. The number of halogens is 1. The predicted octanol–water partition coefficient (Wildman–Crippen LogP) is 4.81. The molecule has 9 nitrogen and oxygen atoms in total. The fraction of sp³-hybridized carbons (Fsp3) is 0.154. The lowest BCUT2D eigenvalue weighted by Crippen LogP contribution is -2.20. The average molecular weight is 535 g/mol. The first-order valence-corrected chi connectivity index (χ1v) is 12.8. The summed E-state index contributed by atoms with van der Waals surface area (Å²) in [6.07, 6.45) is 1.56. The monoisotopic (exact) mass is 534 g/mol. The normalized spacial score (nSPS) is 12.2. The second-order valence-electron chi connectivity index (χ2n) is 8.08. The van der Waals surface area contributed by atoms with Crippen molar-refractivity contribution in [2.75, 3.05) is 17.9 Å². The van der Waals surface area contributed by atoms with Gasteiger partial charge in [0, 0.05) is 16.4 Å². The van der Waals surface area contributed by atoms with Crippen LogP contribution in [0, 0.1) is 6.92 Å². The summed E-state index contributed by atoms with van der Waals surface area (Å²) in [7, 11) is 0. The molecule has 11 heteroatoms. The van der Waals surface area contributed by atoms with Crippen molar-refractivity contribution in [2.24, 2.45) is 5.10 Å². The SMILES string of the molecule is Cc1cc(Cl)ccc1NCc1nnc(SCC(=O)N/N=C/c2ccc3c(c2)OCO3)n1-c1ccccc1. The van der Waals surface area contributed by atoms with Gasteiger partial charge in [0.15, 0.2) is 22.5 Å². The molecule has 2 heterocycles. The third kappa shape index (κ3) is 6.04. The molecule has 0 fully saturated rings. The van der Waals surface area contributed by atoms with Crippen LogP contribution in [0.4, 0.5) is 5.69 Å². The lowest BCUT2D eigenvalue weighted by Gasteiger charge is -2.12. The molecule has 0 radical (unpaired) electrons. The van der Waals surface area contributed by atoms with E-state index in [1.807, 2.05) is 66.1 Å². The molecule has 0 saturated carbocycles. The van der Waals surface area contributed by atoms with Gasteiger partial charge in [0.25, 0.3) is 5.91 Å². The number of carbonyl (C=O) groups is 1. The van der Waals surface area contributed by atoms with Crippen LogP contribution in [-0.2, 0) is 11.3 Å². The molecule has 0 atom stereocenters. The molecule has 1 aliphatic heterocycles. The van der Waals surface area contributed by atoms with Crippen LogP contribution in [0.2, 0.25) is 5.02 Å². The first kappa shape index (κ1) is 24.7. The summed E-state index contributed by atoms with van der Waals surface area (Å²) < 4.78 is 12.6. The lowest BCUT2D eigenvalue weighted by molar-refractivity contribution is -0.118. The number of rotatable bonds is 9. The Morgan fingerprint density at radius 1 is 1.11 bits per heavy atom. The van der Waals surface area contributed by atoms with E-state index in [9.17, 15) is 4.79 Å².